The van der Waals surface area contributed by atoms with E-state index in [1.54, 1.807) is 13.8 Å². The van der Waals surface area contributed by atoms with Gasteiger partial charge in [-0.2, -0.15) is 0 Å². The van der Waals surface area contributed by atoms with Crippen LogP contribution in [0.4, 0.5) is 15.0 Å². The first-order valence-corrected chi connectivity index (χ1v) is 11.5. The molecule has 0 aliphatic carbocycles. The lowest BCUT2D eigenvalue weighted by Crippen LogP contribution is -2.17. The number of carbonyl (C=O) groups is 3. The Kier molecular flexibility index (Phi) is 9.47. The summed E-state index contributed by atoms with van der Waals surface area (Å²) in [4.78, 5) is 52.7. The molecular formula is C20H23N3O7S2. The number of unbranched alkanes of at least 4 members (excludes halogenated alkanes) is 1. The van der Waals surface area contributed by atoms with Crippen LogP contribution in [-0.2, 0) is 14.3 Å². The Hall–Kier alpha value is -3.12. The van der Waals surface area contributed by atoms with E-state index in [-0.39, 0.29) is 51.7 Å². The minimum atomic E-state index is -0.787. The third kappa shape index (κ3) is 6.44. The minimum Gasteiger partial charge on any atom is -0.462 e. The number of nitrogens with zero attached hydrogens (tertiary/aromatic N) is 2. The number of hydrogen-bond acceptors (Lipinski definition) is 10. The van der Waals surface area contributed by atoms with E-state index in [1.807, 2.05) is 6.92 Å². The van der Waals surface area contributed by atoms with Crippen LogP contribution in [0.15, 0.2) is 17.1 Å². The van der Waals surface area contributed by atoms with Crippen molar-refractivity contribution in [3.63, 3.8) is 0 Å². The second-order valence-corrected chi connectivity index (χ2v) is 8.36. The van der Waals surface area contributed by atoms with Gasteiger partial charge in [-0.15, -0.1) is 0 Å². The second-order valence-electron chi connectivity index (χ2n) is 6.27. The number of anilines is 1. The van der Waals surface area contributed by atoms with Crippen LogP contribution in [0.2, 0.25) is 0 Å². The fourth-order valence-corrected chi connectivity index (χ4v) is 4.28. The van der Waals surface area contributed by atoms with Gasteiger partial charge in [0.2, 0.25) is 5.91 Å². The molecule has 32 heavy (non-hydrogen) atoms. The van der Waals surface area contributed by atoms with E-state index >= 15 is 0 Å². The molecule has 2 rings (SSSR count). The summed E-state index contributed by atoms with van der Waals surface area (Å²) in [6, 6.07) is 2.86. The van der Waals surface area contributed by atoms with Gasteiger partial charge >= 0.3 is 16.9 Å². The molecule has 0 aliphatic heterocycles. The molecule has 0 atom stereocenters. The topological polar surface area (TPSA) is 137 Å². The number of nitro groups is 1. The highest BCUT2D eigenvalue weighted by Crippen LogP contribution is 2.41. The van der Waals surface area contributed by atoms with Gasteiger partial charge < -0.3 is 14.8 Å². The van der Waals surface area contributed by atoms with Crippen LogP contribution in [0.5, 0.6) is 0 Å². The molecule has 0 spiro atoms. The molecule has 172 valence electrons. The van der Waals surface area contributed by atoms with Crippen LogP contribution in [-0.4, -0.2) is 42.2 Å². The van der Waals surface area contributed by atoms with Crippen LogP contribution < -0.4 is 5.32 Å². The van der Waals surface area contributed by atoms with Crippen molar-refractivity contribution in [2.75, 3.05) is 18.5 Å². The Morgan fingerprint density at radius 2 is 1.75 bits per heavy atom. The predicted molar refractivity (Wildman–Crippen MR) is 123 cm³/mol. The number of amides is 1. The summed E-state index contributed by atoms with van der Waals surface area (Å²) in [6.45, 7) is 5.32. The van der Waals surface area contributed by atoms with Crippen LogP contribution in [0.25, 0.3) is 0 Å². The zero-order valence-electron chi connectivity index (χ0n) is 17.8. The number of ether oxygens (including phenoxy) is 2. The van der Waals surface area contributed by atoms with Gasteiger partial charge in [-0.05, 0) is 26.3 Å². The van der Waals surface area contributed by atoms with Crippen molar-refractivity contribution in [3.8, 4) is 0 Å². The van der Waals surface area contributed by atoms with Gasteiger partial charge in [0.05, 0.1) is 23.0 Å². The van der Waals surface area contributed by atoms with E-state index in [4.69, 9.17) is 9.47 Å². The molecule has 0 aromatic carbocycles. The van der Waals surface area contributed by atoms with Crippen LogP contribution in [0.3, 0.4) is 0 Å². The van der Waals surface area contributed by atoms with Crippen molar-refractivity contribution in [1.82, 2.24) is 0 Å². The van der Waals surface area contributed by atoms with Crippen LogP contribution >= 0.6 is 22.7 Å². The lowest BCUT2D eigenvalue weighted by Gasteiger charge is -2.08. The number of thiophene rings is 2. The molecule has 1 N–H and O–H groups in total. The average Bonchev–Trinajstić information content (AvgIpc) is 3.36. The third-order valence-corrected chi connectivity index (χ3v) is 5.95. The SMILES string of the molecule is CCCCC(=O)Nc1sc(N=Cc2ccc([N+](=O)[O-])s2)c(C(=O)OCC)c1C(=O)OCC. The number of esters is 2. The van der Waals surface area contributed by atoms with Crippen molar-refractivity contribution in [3.05, 3.63) is 38.3 Å². The standard InChI is InChI=1S/C20H23N3O7S2/c1-4-7-8-13(24)22-18-16(20(26)30-6-3)15(19(25)29-5-2)17(32-18)21-11-12-9-10-14(31-12)23(27)28/h9-11H,4-8H2,1-3H3,(H,22,24). The van der Waals surface area contributed by atoms with Crippen molar-refractivity contribution in [2.24, 2.45) is 4.99 Å². The Balaban J connectivity index is 2.53. The summed E-state index contributed by atoms with van der Waals surface area (Å²) in [7, 11) is 0. The van der Waals surface area contributed by atoms with E-state index in [0.717, 1.165) is 29.1 Å². The molecule has 0 bridgehead atoms. The van der Waals surface area contributed by atoms with Gasteiger partial charge in [0.25, 0.3) is 0 Å². The minimum absolute atomic E-state index is 0.0562. The Bertz CT molecular complexity index is 1030. The first-order valence-electron chi connectivity index (χ1n) is 9.91. The summed E-state index contributed by atoms with van der Waals surface area (Å²) < 4.78 is 10.2. The summed E-state index contributed by atoms with van der Waals surface area (Å²) >= 11 is 1.84. The Morgan fingerprint density at radius 1 is 1.09 bits per heavy atom. The van der Waals surface area contributed by atoms with Gasteiger partial charge in [0.1, 0.15) is 21.1 Å². The molecule has 0 fully saturated rings. The fraction of sp³-hybridized carbons (Fsp3) is 0.400. The normalized spacial score (nSPS) is 10.8. The van der Waals surface area contributed by atoms with Crippen LogP contribution in [0.1, 0.15) is 65.6 Å². The van der Waals surface area contributed by atoms with E-state index in [0.29, 0.717) is 11.3 Å². The van der Waals surface area contributed by atoms with Gasteiger partial charge in [0, 0.05) is 18.7 Å². The zero-order chi connectivity index (χ0) is 23.7. The Labute approximate surface area is 192 Å². The van der Waals surface area contributed by atoms with Gasteiger partial charge in [-0.3, -0.25) is 14.9 Å². The lowest BCUT2D eigenvalue weighted by atomic mass is 10.1. The van der Waals surface area contributed by atoms with Gasteiger partial charge in [0.15, 0.2) is 0 Å². The van der Waals surface area contributed by atoms with Crippen molar-refractivity contribution in [2.45, 2.75) is 40.0 Å². The molecule has 2 aromatic heterocycles. The van der Waals surface area contributed by atoms with Crippen molar-refractivity contribution >= 4 is 61.7 Å². The maximum Gasteiger partial charge on any atom is 0.342 e. The number of carbonyl (C=O) groups excluding carboxylic acids is 3. The summed E-state index contributed by atoms with van der Waals surface area (Å²) in [6.07, 6.45) is 3.09. The number of hydrogen-bond donors (Lipinski definition) is 1. The first kappa shape index (κ1) is 25.1. The molecule has 12 heteroatoms. The Morgan fingerprint density at radius 3 is 2.31 bits per heavy atom. The summed E-state index contributed by atoms with van der Waals surface area (Å²) in [5, 5.41) is 13.8. The number of nitrogens with one attached hydrogen (secondary N) is 1. The highest BCUT2D eigenvalue weighted by Gasteiger charge is 2.31. The number of rotatable bonds is 11. The fourth-order valence-electron chi connectivity index (χ4n) is 2.55. The molecule has 2 heterocycles. The number of aliphatic imine (C=N–C) groups is 1. The molecule has 0 saturated heterocycles. The average molecular weight is 482 g/mol. The second kappa shape index (κ2) is 12.1. The molecule has 0 saturated carbocycles. The third-order valence-electron chi connectivity index (χ3n) is 3.96. The van der Waals surface area contributed by atoms with Crippen LogP contribution in [0, 0.1) is 10.1 Å². The molecular weight excluding hydrogens is 458 g/mol. The quantitative estimate of drug-likeness (QED) is 0.207. The lowest BCUT2D eigenvalue weighted by molar-refractivity contribution is -0.380. The molecule has 2 aromatic rings. The van der Waals surface area contributed by atoms with Gasteiger partial charge in [-0.1, -0.05) is 36.0 Å². The van der Waals surface area contributed by atoms with E-state index < -0.39 is 16.9 Å². The first-order chi connectivity index (χ1) is 15.3. The molecule has 1 amide bonds. The highest BCUT2D eigenvalue weighted by molar-refractivity contribution is 7.21. The maximum absolute atomic E-state index is 12.7. The zero-order valence-corrected chi connectivity index (χ0v) is 19.5. The summed E-state index contributed by atoms with van der Waals surface area (Å²) in [5.74, 6) is -1.88. The molecule has 0 unspecified atom stereocenters. The summed E-state index contributed by atoms with van der Waals surface area (Å²) in [5.41, 5.74) is -0.243. The van der Waals surface area contributed by atoms with Crippen molar-refractivity contribution < 1.29 is 28.8 Å². The molecule has 0 aliphatic rings. The maximum atomic E-state index is 12.7. The van der Waals surface area contributed by atoms with E-state index in [2.05, 4.69) is 10.3 Å². The smallest absolute Gasteiger partial charge is 0.342 e. The monoisotopic (exact) mass is 481 g/mol. The highest BCUT2D eigenvalue weighted by atomic mass is 32.1. The molecule has 10 nitrogen and oxygen atoms in total. The van der Waals surface area contributed by atoms with Gasteiger partial charge in [-0.25, -0.2) is 14.6 Å². The predicted octanol–water partition coefficient (Wildman–Crippen LogP) is 4.95. The largest absolute Gasteiger partial charge is 0.462 e. The molecule has 0 radical (unpaired) electrons. The van der Waals surface area contributed by atoms with E-state index in [1.165, 1.54) is 18.3 Å². The van der Waals surface area contributed by atoms with E-state index in [9.17, 15) is 24.5 Å². The van der Waals surface area contributed by atoms with Crippen molar-refractivity contribution in [1.29, 1.82) is 0 Å².